The van der Waals surface area contributed by atoms with Crippen LogP contribution in [0.3, 0.4) is 0 Å². The second-order valence-corrected chi connectivity index (χ2v) is 4.74. The van der Waals surface area contributed by atoms with Gasteiger partial charge in [-0.1, -0.05) is 6.07 Å². The summed E-state index contributed by atoms with van der Waals surface area (Å²) in [6.45, 7) is 4.53. The first-order valence-electron chi connectivity index (χ1n) is 6.43. The van der Waals surface area contributed by atoms with Crippen LogP contribution < -0.4 is 5.73 Å². The molecule has 1 heterocycles. The highest BCUT2D eigenvalue weighted by Gasteiger charge is 2.06. The van der Waals surface area contributed by atoms with Gasteiger partial charge in [0.05, 0.1) is 30.5 Å². The van der Waals surface area contributed by atoms with Crippen molar-refractivity contribution in [2.45, 2.75) is 26.3 Å². The number of nitrogens with two attached hydrogens (primary N) is 1. The third-order valence-corrected chi connectivity index (χ3v) is 3.02. The first-order valence-corrected chi connectivity index (χ1v) is 6.43. The quantitative estimate of drug-likeness (QED) is 0.831. The highest BCUT2D eigenvalue weighted by molar-refractivity contribution is 5.76. The van der Waals surface area contributed by atoms with Crippen molar-refractivity contribution in [1.82, 2.24) is 9.55 Å². The number of nitrogens with zero attached hydrogens (tertiary/aromatic N) is 2. The summed E-state index contributed by atoms with van der Waals surface area (Å²) in [5, 5.41) is 0. The van der Waals surface area contributed by atoms with Crippen LogP contribution in [0.5, 0.6) is 0 Å². The minimum absolute atomic E-state index is 0.0716. The van der Waals surface area contributed by atoms with Gasteiger partial charge >= 0.3 is 5.97 Å². The van der Waals surface area contributed by atoms with Crippen LogP contribution in [0, 0.1) is 0 Å². The standard InChI is InChI=1S/C14H19N3O2/c1-10(2)17-9-16-12-7-11(3-4-13(12)17)5-6-19-14(18)8-15/h3-4,7,9-10H,5-6,8,15H2,1-2H3. The minimum Gasteiger partial charge on any atom is -0.464 e. The smallest absolute Gasteiger partial charge is 0.319 e. The van der Waals surface area contributed by atoms with E-state index >= 15 is 0 Å². The molecule has 5 heteroatoms. The van der Waals surface area contributed by atoms with E-state index in [1.165, 1.54) is 0 Å². The largest absolute Gasteiger partial charge is 0.464 e. The molecular weight excluding hydrogens is 242 g/mol. The number of fused-ring (bicyclic) bond motifs is 1. The van der Waals surface area contributed by atoms with Gasteiger partial charge in [0.25, 0.3) is 0 Å². The Morgan fingerprint density at radius 3 is 2.95 bits per heavy atom. The maximum atomic E-state index is 10.9. The SMILES string of the molecule is CC(C)n1cnc2cc(CCOC(=O)CN)ccc21. The number of esters is 1. The number of ether oxygens (including phenoxy) is 1. The normalized spacial score (nSPS) is 11.2. The molecule has 0 fully saturated rings. The molecule has 0 unspecified atom stereocenters. The fraction of sp³-hybridized carbons (Fsp3) is 0.429. The summed E-state index contributed by atoms with van der Waals surface area (Å²) >= 11 is 0. The Morgan fingerprint density at radius 1 is 1.47 bits per heavy atom. The van der Waals surface area contributed by atoms with E-state index in [9.17, 15) is 4.79 Å². The maximum absolute atomic E-state index is 10.9. The van der Waals surface area contributed by atoms with Gasteiger partial charge in [0.15, 0.2) is 0 Å². The summed E-state index contributed by atoms with van der Waals surface area (Å²) in [7, 11) is 0. The zero-order chi connectivity index (χ0) is 13.8. The lowest BCUT2D eigenvalue weighted by Gasteiger charge is -2.08. The zero-order valence-corrected chi connectivity index (χ0v) is 11.3. The summed E-state index contributed by atoms with van der Waals surface area (Å²) in [5.41, 5.74) is 8.36. The van der Waals surface area contributed by atoms with Crippen LogP contribution in [0.2, 0.25) is 0 Å². The summed E-state index contributed by atoms with van der Waals surface area (Å²) in [4.78, 5) is 15.3. The van der Waals surface area contributed by atoms with Crippen LogP contribution in [-0.2, 0) is 16.0 Å². The lowest BCUT2D eigenvalue weighted by molar-refractivity contribution is -0.141. The first kappa shape index (κ1) is 13.5. The topological polar surface area (TPSA) is 70.1 Å². The van der Waals surface area contributed by atoms with Gasteiger partial charge in [0.1, 0.15) is 0 Å². The summed E-state index contributed by atoms with van der Waals surface area (Å²) < 4.78 is 7.09. The Morgan fingerprint density at radius 2 is 2.26 bits per heavy atom. The van der Waals surface area contributed by atoms with Crippen molar-refractivity contribution in [3.63, 3.8) is 0 Å². The van der Waals surface area contributed by atoms with Crippen molar-refractivity contribution in [1.29, 1.82) is 0 Å². The van der Waals surface area contributed by atoms with E-state index < -0.39 is 0 Å². The Hall–Kier alpha value is -1.88. The van der Waals surface area contributed by atoms with Crippen molar-refractivity contribution >= 4 is 17.0 Å². The second-order valence-electron chi connectivity index (χ2n) is 4.74. The van der Waals surface area contributed by atoms with E-state index in [-0.39, 0.29) is 12.5 Å². The Balaban J connectivity index is 2.08. The molecule has 1 aromatic heterocycles. The number of rotatable bonds is 5. The lowest BCUT2D eigenvalue weighted by Crippen LogP contribution is -2.17. The second kappa shape index (κ2) is 5.84. The van der Waals surface area contributed by atoms with Gasteiger partial charge in [-0.15, -0.1) is 0 Å². The van der Waals surface area contributed by atoms with Crippen LogP contribution in [0.1, 0.15) is 25.5 Å². The predicted molar refractivity (Wildman–Crippen MR) is 73.8 cm³/mol. The molecule has 2 rings (SSSR count). The van der Waals surface area contributed by atoms with Crippen LogP contribution in [0.15, 0.2) is 24.5 Å². The Kier molecular flexibility index (Phi) is 4.16. The van der Waals surface area contributed by atoms with Crippen molar-refractivity contribution in [2.24, 2.45) is 5.73 Å². The van der Waals surface area contributed by atoms with E-state index in [1.54, 1.807) is 0 Å². The molecule has 0 saturated heterocycles. The molecule has 2 aromatic rings. The van der Waals surface area contributed by atoms with Gasteiger partial charge in [-0.3, -0.25) is 4.79 Å². The molecule has 0 amide bonds. The van der Waals surface area contributed by atoms with E-state index in [0.717, 1.165) is 16.6 Å². The monoisotopic (exact) mass is 261 g/mol. The van der Waals surface area contributed by atoms with Gasteiger partial charge < -0.3 is 15.0 Å². The molecule has 0 bridgehead atoms. The van der Waals surface area contributed by atoms with Gasteiger partial charge in [0, 0.05) is 12.5 Å². The average molecular weight is 261 g/mol. The number of hydrogen-bond acceptors (Lipinski definition) is 4. The molecule has 2 N–H and O–H groups in total. The molecule has 1 aromatic carbocycles. The number of carbonyl (C=O) groups excluding carboxylic acids is 1. The van der Waals surface area contributed by atoms with Crippen LogP contribution in [-0.4, -0.2) is 28.7 Å². The van der Waals surface area contributed by atoms with Crippen molar-refractivity contribution < 1.29 is 9.53 Å². The molecule has 0 atom stereocenters. The number of hydrogen-bond donors (Lipinski definition) is 1. The van der Waals surface area contributed by atoms with Crippen molar-refractivity contribution in [3.05, 3.63) is 30.1 Å². The summed E-state index contributed by atoms with van der Waals surface area (Å²) in [6, 6.07) is 6.52. The molecule has 0 aliphatic carbocycles. The third kappa shape index (κ3) is 3.12. The number of aromatic nitrogens is 2. The van der Waals surface area contributed by atoms with E-state index in [1.807, 2.05) is 18.5 Å². The highest BCUT2D eigenvalue weighted by Crippen LogP contribution is 2.19. The summed E-state index contributed by atoms with van der Waals surface area (Å²) in [6.07, 6.45) is 2.53. The number of carbonyl (C=O) groups is 1. The van der Waals surface area contributed by atoms with Crippen LogP contribution in [0.25, 0.3) is 11.0 Å². The molecule has 19 heavy (non-hydrogen) atoms. The molecule has 0 radical (unpaired) electrons. The molecular formula is C14H19N3O2. The van der Waals surface area contributed by atoms with Crippen molar-refractivity contribution in [2.75, 3.05) is 13.2 Å². The van der Waals surface area contributed by atoms with E-state index in [4.69, 9.17) is 10.5 Å². The predicted octanol–water partition coefficient (Wildman–Crippen LogP) is 1.66. The average Bonchev–Trinajstić information content (AvgIpc) is 2.81. The van der Waals surface area contributed by atoms with E-state index in [2.05, 4.69) is 29.5 Å². The van der Waals surface area contributed by atoms with Gasteiger partial charge in [0.2, 0.25) is 0 Å². The molecule has 5 nitrogen and oxygen atoms in total. The Labute approximate surface area is 112 Å². The third-order valence-electron chi connectivity index (χ3n) is 3.02. The maximum Gasteiger partial charge on any atom is 0.319 e. The highest BCUT2D eigenvalue weighted by atomic mass is 16.5. The van der Waals surface area contributed by atoms with Crippen LogP contribution >= 0.6 is 0 Å². The van der Waals surface area contributed by atoms with Crippen LogP contribution in [0.4, 0.5) is 0 Å². The lowest BCUT2D eigenvalue weighted by atomic mass is 10.1. The van der Waals surface area contributed by atoms with Gasteiger partial charge in [-0.2, -0.15) is 0 Å². The minimum atomic E-state index is -0.370. The molecule has 0 aliphatic rings. The summed E-state index contributed by atoms with van der Waals surface area (Å²) in [5.74, 6) is -0.370. The van der Waals surface area contributed by atoms with Crippen molar-refractivity contribution in [3.8, 4) is 0 Å². The molecule has 0 aliphatic heterocycles. The fourth-order valence-electron chi connectivity index (χ4n) is 1.99. The number of imidazole rings is 1. The van der Waals surface area contributed by atoms with Gasteiger partial charge in [-0.25, -0.2) is 4.98 Å². The molecule has 102 valence electrons. The first-order chi connectivity index (χ1) is 9.11. The Bertz CT molecular complexity index is 575. The van der Waals surface area contributed by atoms with E-state index in [0.29, 0.717) is 19.1 Å². The van der Waals surface area contributed by atoms with Gasteiger partial charge in [-0.05, 0) is 31.5 Å². The zero-order valence-electron chi connectivity index (χ0n) is 11.3. The molecule has 0 spiro atoms. The molecule has 0 saturated carbocycles. The fourth-order valence-corrected chi connectivity index (χ4v) is 1.99. The number of benzene rings is 1.